The molecule has 1 aromatic heterocycles. The molecule has 1 heterocycles. The van der Waals surface area contributed by atoms with E-state index in [4.69, 9.17) is 4.74 Å². The molecule has 0 bridgehead atoms. The normalized spacial score (nSPS) is 9.86. The van der Waals surface area contributed by atoms with Crippen LogP contribution in [0.2, 0.25) is 0 Å². The largest absolute Gasteiger partial charge is 0.484 e. The number of pyridine rings is 1. The molecule has 2 aromatic rings. The van der Waals surface area contributed by atoms with E-state index >= 15 is 0 Å². The van der Waals surface area contributed by atoms with Crippen LogP contribution in [-0.4, -0.2) is 29.9 Å². The Kier molecular flexibility index (Phi) is 6.13. The third kappa shape index (κ3) is 5.68. The zero-order chi connectivity index (χ0) is 15.8. The lowest BCUT2D eigenvalue weighted by Gasteiger charge is -2.08. The van der Waals surface area contributed by atoms with Crippen LogP contribution in [0.4, 0.5) is 5.69 Å². The lowest BCUT2D eigenvalue weighted by molar-refractivity contribution is -0.125. The molecule has 0 saturated heterocycles. The van der Waals surface area contributed by atoms with E-state index in [1.165, 1.54) is 6.20 Å². The van der Waals surface area contributed by atoms with Crippen molar-refractivity contribution in [3.05, 3.63) is 52.4 Å². The van der Waals surface area contributed by atoms with Crippen LogP contribution in [0.1, 0.15) is 0 Å². The molecule has 2 rings (SSSR count). The number of anilines is 1. The zero-order valence-corrected chi connectivity index (χ0v) is 13.7. The predicted octanol–water partition coefficient (Wildman–Crippen LogP) is 1.82. The zero-order valence-electron chi connectivity index (χ0n) is 11.6. The standard InChI is InChI=1S/C15H14IN3O3/c16-11-3-5-13(6-4-11)22-10-15(21)18-9-14(20)19-12-2-1-7-17-8-12/h1-8H,9-10H2,(H,18,21)(H,19,20). The molecular formula is C15H14IN3O3. The molecule has 0 aliphatic carbocycles. The van der Waals surface area contributed by atoms with Gasteiger partial charge in [-0.05, 0) is 59.0 Å². The topological polar surface area (TPSA) is 80.3 Å². The highest BCUT2D eigenvalue weighted by atomic mass is 127. The van der Waals surface area contributed by atoms with Gasteiger partial charge in [0.15, 0.2) is 6.61 Å². The van der Waals surface area contributed by atoms with E-state index < -0.39 is 0 Å². The van der Waals surface area contributed by atoms with Gasteiger partial charge in [0.1, 0.15) is 5.75 Å². The van der Waals surface area contributed by atoms with Crippen molar-refractivity contribution in [3.8, 4) is 5.75 Å². The summed E-state index contributed by atoms with van der Waals surface area (Å²) in [4.78, 5) is 27.1. The fourth-order valence-electron chi connectivity index (χ4n) is 1.55. The number of hydrogen-bond donors (Lipinski definition) is 2. The van der Waals surface area contributed by atoms with Crippen molar-refractivity contribution >= 4 is 40.1 Å². The fraction of sp³-hybridized carbons (Fsp3) is 0.133. The molecule has 0 aliphatic rings. The molecule has 6 nitrogen and oxygen atoms in total. The maximum Gasteiger partial charge on any atom is 0.258 e. The van der Waals surface area contributed by atoms with Gasteiger partial charge in [0, 0.05) is 9.77 Å². The number of nitrogens with zero attached hydrogens (tertiary/aromatic N) is 1. The van der Waals surface area contributed by atoms with Crippen LogP contribution in [0, 0.1) is 3.57 Å². The van der Waals surface area contributed by atoms with E-state index in [0.29, 0.717) is 11.4 Å². The minimum atomic E-state index is -0.361. The fourth-order valence-corrected chi connectivity index (χ4v) is 1.91. The number of rotatable bonds is 6. The predicted molar refractivity (Wildman–Crippen MR) is 90.5 cm³/mol. The summed E-state index contributed by atoms with van der Waals surface area (Å²) in [7, 11) is 0. The summed E-state index contributed by atoms with van der Waals surface area (Å²) in [6, 6.07) is 10.8. The van der Waals surface area contributed by atoms with Crippen molar-refractivity contribution in [3.63, 3.8) is 0 Å². The Morgan fingerprint density at radius 1 is 1.14 bits per heavy atom. The molecule has 0 radical (unpaired) electrons. The van der Waals surface area contributed by atoms with Gasteiger partial charge in [-0.3, -0.25) is 14.6 Å². The van der Waals surface area contributed by atoms with Gasteiger partial charge in [-0.1, -0.05) is 0 Å². The second-order valence-corrected chi connectivity index (χ2v) is 5.55. The van der Waals surface area contributed by atoms with Crippen molar-refractivity contribution in [1.82, 2.24) is 10.3 Å². The second-order valence-electron chi connectivity index (χ2n) is 4.31. The quantitative estimate of drug-likeness (QED) is 0.711. The summed E-state index contributed by atoms with van der Waals surface area (Å²) >= 11 is 2.18. The van der Waals surface area contributed by atoms with Crippen LogP contribution in [0.15, 0.2) is 48.8 Å². The summed E-state index contributed by atoms with van der Waals surface area (Å²) < 4.78 is 6.40. The van der Waals surface area contributed by atoms with Gasteiger partial charge in [-0.25, -0.2) is 0 Å². The Labute approximate surface area is 141 Å². The van der Waals surface area contributed by atoms with Crippen LogP contribution >= 0.6 is 22.6 Å². The number of benzene rings is 1. The van der Waals surface area contributed by atoms with Gasteiger partial charge in [0.25, 0.3) is 5.91 Å². The average Bonchev–Trinajstić information content (AvgIpc) is 2.53. The maximum absolute atomic E-state index is 11.6. The van der Waals surface area contributed by atoms with Gasteiger partial charge in [0.2, 0.25) is 5.91 Å². The molecule has 0 saturated carbocycles. The molecule has 2 amide bonds. The van der Waals surface area contributed by atoms with Crippen molar-refractivity contribution in [1.29, 1.82) is 0 Å². The molecule has 0 aliphatic heterocycles. The molecule has 114 valence electrons. The van der Waals surface area contributed by atoms with Gasteiger partial charge < -0.3 is 15.4 Å². The van der Waals surface area contributed by atoms with Crippen LogP contribution in [0.3, 0.4) is 0 Å². The second kappa shape index (κ2) is 8.32. The molecular weight excluding hydrogens is 397 g/mol. The molecule has 1 aromatic carbocycles. The lowest BCUT2D eigenvalue weighted by Crippen LogP contribution is -2.35. The number of ether oxygens (including phenoxy) is 1. The summed E-state index contributed by atoms with van der Waals surface area (Å²) in [5.41, 5.74) is 0.580. The van der Waals surface area contributed by atoms with Gasteiger partial charge in [-0.15, -0.1) is 0 Å². The van der Waals surface area contributed by atoms with Gasteiger partial charge >= 0.3 is 0 Å². The SMILES string of the molecule is O=C(COc1ccc(I)cc1)NCC(=O)Nc1cccnc1. The number of amides is 2. The molecule has 0 unspecified atom stereocenters. The Morgan fingerprint density at radius 3 is 2.59 bits per heavy atom. The first-order valence-electron chi connectivity index (χ1n) is 6.48. The van der Waals surface area contributed by atoms with Crippen molar-refractivity contribution in [2.45, 2.75) is 0 Å². The monoisotopic (exact) mass is 411 g/mol. The number of halogens is 1. The van der Waals surface area contributed by atoms with E-state index in [1.54, 1.807) is 30.5 Å². The summed E-state index contributed by atoms with van der Waals surface area (Å²) in [5, 5.41) is 5.11. The Balaban J connectivity index is 1.69. The Morgan fingerprint density at radius 2 is 1.91 bits per heavy atom. The number of aromatic nitrogens is 1. The van der Waals surface area contributed by atoms with E-state index in [9.17, 15) is 9.59 Å². The Bertz CT molecular complexity index is 632. The van der Waals surface area contributed by atoms with E-state index in [2.05, 4.69) is 38.2 Å². The lowest BCUT2D eigenvalue weighted by atomic mass is 10.3. The number of nitrogens with one attached hydrogen (secondary N) is 2. The van der Waals surface area contributed by atoms with E-state index in [0.717, 1.165) is 3.57 Å². The highest BCUT2D eigenvalue weighted by Crippen LogP contribution is 2.13. The third-order valence-corrected chi connectivity index (χ3v) is 3.29. The van der Waals surface area contributed by atoms with Crippen LogP contribution in [0.25, 0.3) is 0 Å². The molecule has 0 atom stereocenters. The average molecular weight is 411 g/mol. The number of carbonyl (C=O) groups excluding carboxylic acids is 2. The molecule has 0 fully saturated rings. The minimum Gasteiger partial charge on any atom is -0.484 e. The van der Waals surface area contributed by atoms with Gasteiger partial charge in [-0.2, -0.15) is 0 Å². The third-order valence-electron chi connectivity index (χ3n) is 2.57. The first kappa shape index (κ1) is 16.2. The summed E-state index contributed by atoms with van der Waals surface area (Å²) in [6.07, 6.45) is 3.14. The summed E-state index contributed by atoms with van der Waals surface area (Å²) in [5.74, 6) is -0.0779. The molecule has 7 heteroatoms. The van der Waals surface area contributed by atoms with Crippen molar-refractivity contribution < 1.29 is 14.3 Å². The van der Waals surface area contributed by atoms with Crippen molar-refractivity contribution in [2.75, 3.05) is 18.5 Å². The number of hydrogen-bond acceptors (Lipinski definition) is 4. The van der Waals surface area contributed by atoms with Gasteiger partial charge in [0.05, 0.1) is 18.4 Å². The van der Waals surface area contributed by atoms with Crippen LogP contribution < -0.4 is 15.4 Å². The number of carbonyl (C=O) groups is 2. The van der Waals surface area contributed by atoms with Crippen LogP contribution in [-0.2, 0) is 9.59 Å². The highest BCUT2D eigenvalue weighted by Gasteiger charge is 2.06. The van der Waals surface area contributed by atoms with Crippen LogP contribution in [0.5, 0.6) is 5.75 Å². The van der Waals surface area contributed by atoms with Crippen molar-refractivity contribution in [2.24, 2.45) is 0 Å². The molecule has 0 spiro atoms. The van der Waals surface area contributed by atoms with E-state index in [1.807, 2.05) is 12.1 Å². The Hall–Kier alpha value is -2.16. The van der Waals surface area contributed by atoms with E-state index in [-0.39, 0.29) is 25.0 Å². The highest BCUT2D eigenvalue weighted by molar-refractivity contribution is 14.1. The molecule has 22 heavy (non-hydrogen) atoms. The first-order valence-corrected chi connectivity index (χ1v) is 7.56. The smallest absolute Gasteiger partial charge is 0.258 e. The summed E-state index contributed by atoms with van der Waals surface area (Å²) in [6.45, 7) is -0.259. The first-order chi connectivity index (χ1) is 10.6. The minimum absolute atomic E-state index is 0.121. The maximum atomic E-state index is 11.6. The molecule has 2 N–H and O–H groups in total.